The highest BCUT2D eigenvalue weighted by molar-refractivity contribution is 7.07. The van der Waals surface area contributed by atoms with Crippen molar-refractivity contribution < 1.29 is 9.53 Å². The van der Waals surface area contributed by atoms with Gasteiger partial charge in [0.2, 0.25) is 5.91 Å². The minimum Gasteiger partial charge on any atom is -0.495 e. The van der Waals surface area contributed by atoms with Crippen molar-refractivity contribution in [3.63, 3.8) is 0 Å². The number of aryl methyl sites for hydroxylation is 2. The number of ether oxygens (including phenoxy) is 1. The van der Waals surface area contributed by atoms with Gasteiger partial charge in [-0.2, -0.15) is 0 Å². The quantitative estimate of drug-likeness (QED) is 0.913. The number of hydrogen-bond acceptors (Lipinski definition) is 4. The van der Waals surface area contributed by atoms with Gasteiger partial charge in [-0.05, 0) is 31.0 Å². The van der Waals surface area contributed by atoms with Crippen LogP contribution in [0.3, 0.4) is 0 Å². The van der Waals surface area contributed by atoms with Crippen molar-refractivity contribution in [2.45, 2.75) is 19.8 Å². The maximum Gasteiger partial charge on any atom is 0.224 e. The zero-order valence-corrected chi connectivity index (χ0v) is 11.8. The number of hydrogen-bond donors (Lipinski definition) is 1. The van der Waals surface area contributed by atoms with E-state index in [0.29, 0.717) is 24.3 Å². The van der Waals surface area contributed by atoms with E-state index < -0.39 is 0 Å². The molecule has 0 aliphatic heterocycles. The molecular formula is C14H16N2O2S. The van der Waals surface area contributed by atoms with Crippen molar-refractivity contribution >= 4 is 22.9 Å². The van der Waals surface area contributed by atoms with E-state index >= 15 is 0 Å². The van der Waals surface area contributed by atoms with Crippen LogP contribution in [0.1, 0.15) is 17.7 Å². The van der Waals surface area contributed by atoms with Crippen LogP contribution in [-0.4, -0.2) is 18.0 Å². The summed E-state index contributed by atoms with van der Waals surface area (Å²) >= 11 is 1.54. The Hall–Kier alpha value is -1.88. The highest BCUT2D eigenvalue weighted by atomic mass is 32.1. The summed E-state index contributed by atoms with van der Waals surface area (Å²) in [6.07, 6.45) is 1.07. The van der Waals surface area contributed by atoms with Crippen LogP contribution in [0.4, 0.5) is 5.69 Å². The lowest BCUT2D eigenvalue weighted by Crippen LogP contribution is -2.13. The molecule has 0 spiro atoms. The highest BCUT2D eigenvalue weighted by Gasteiger charge is 2.08. The molecule has 0 saturated heterocycles. The summed E-state index contributed by atoms with van der Waals surface area (Å²) in [4.78, 5) is 16.1. The van der Waals surface area contributed by atoms with Crippen molar-refractivity contribution in [1.82, 2.24) is 4.98 Å². The maximum absolute atomic E-state index is 11.9. The van der Waals surface area contributed by atoms with Crippen molar-refractivity contribution in [3.05, 3.63) is 40.3 Å². The molecule has 0 aliphatic carbocycles. The molecule has 5 heteroatoms. The van der Waals surface area contributed by atoms with Gasteiger partial charge >= 0.3 is 0 Å². The number of carbonyl (C=O) groups is 1. The highest BCUT2D eigenvalue weighted by Crippen LogP contribution is 2.25. The zero-order valence-electron chi connectivity index (χ0n) is 11.0. The standard InChI is InChI=1S/C14H16N2O2S/c1-10-3-5-13(18-2)12(7-10)16-14(17)6-4-11-8-19-9-15-11/h3,5,7-9H,4,6H2,1-2H3,(H,16,17). The summed E-state index contributed by atoms with van der Waals surface area (Å²) < 4.78 is 5.23. The Bertz CT molecular complexity index is 553. The predicted octanol–water partition coefficient (Wildman–Crippen LogP) is 3.03. The predicted molar refractivity (Wildman–Crippen MR) is 76.8 cm³/mol. The molecule has 0 bridgehead atoms. The smallest absolute Gasteiger partial charge is 0.224 e. The molecule has 100 valence electrons. The fraction of sp³-hybridized carbons (Fsp3) is 0.286. The second-order valence-corrected chi connectivity index (χ2v) is 4.95. The van der Waals surface area contributed by atoms with Gasteiger partial charge < -0.3 is 10.1 Å². The summed E-state index contributed by atoms with van der Waals surface area (Å²) in [6, 6.07) is 5.70. The van der Waals surface area contributed by atoms with Crippen LogP contribution in [0.5, 0.6) is 5.75 Å². The topological polar surface area (TPSA) is 51.2 Å². The molecule has 1 amide bonds. The second-order valence-electron chi connectivity index (χ2n) is 4.23. The number of methoxy groups -OCH3 is 1. The van der Waals surface area contributed by atoms with E-state index in [1.165, 1.54) is 0 Å². The molecule has 0 saturated carbocycles. The first-order chi connectivity index (χ1) is 9.19. The lowest BCUT2D eigenvalue weighted by Gasteiger charge is -2.10. The van der Waals surface area contributed by atoms with E-state index in [-0.39, 0.29) is 5.91 Å². The summed E-state index contributed by atoms with van der Waals surface area (Å²) in [6.45, 7) is 1.98. The molecule has 0 radical (unpaired) electrons. The summed E-state index contributed by atoms with van der Waals surface area (Å²) in [5, 5.41) is 4.84. The number of anilines is 1. The molecule has 4 nitrogen and oxygen atoms in total. The SMILES string of the molecule is COc1ccc(C)cc1NC(=O)CCc1cscn1. The van der Waals surface area contributed by atoms with E-state index in [4.69, 9.17) is 4.74 Å². The van der Waals surface area contributed by atoms with E-state index in [2.05, 4.69) is 10.3 Å². The minimum absolute atomic E-state index is 0.0306. The fourth-order valence-electron chi connectivity index (χ4n) is 1.73. The van der Waals surface area contributed by atoms with E-state index in [9.17, 15) is 4.79 Å². The van der Waals surface area contributed by atoms with E-state index in [1.54, 1.807) is 24.0 Å². The Morgan fingerprint density at radius 2 is 2.32 bits per heavy atom. The van der Waals surface area contributed by atoms with Gasteiger partial charge in [-0.15, -0.1) is 11.3 Å². The van der Waals surface area contributed by atoms with E-state index in [0.717, 1.165) is 11.3 Å². The van der Waals surface area contributed by atoms with Crippen LogP contribution in [-0.2, 0) is 11.2 Å². The molecule has 0 fully saturated rings. The summed E-state index contributed by atoms with van der Waals surface area (Å²) in [5.41, 5.74) is 4.52. The Balaban J connectivity index is 1.96. The molecule has 0 unspecified atom stereocenters. The third kappa shape index (κ3) is 3.79. The van der Waals surface area contributed by atoms with Crippen molar-refractivity contribution in [2.24, 2.45) is 0 Å². The average Bonchev–Trinajstić information content (AvgIpc) is 2.90. The normalized spacial score (nSPS) is 10.2. The molecule has 1 aromatic carbocycles. The average molecular weight is 276 g/mol. The molecule has 1 N–H and O–H groups in total. The van der Waals surface area contributed by atoms with Crippen LogP contribution in [0.2, 0.25) is 0 Å². The third-order valence-electron chi connectivity index (χ3n) is 2.72. The van der Waals surface area contributed by atoms with Gasteiger partial charge in [-0.1, -0.05) is 6.07 Å². The molecule has 2 aromatic rings. The zero-order chi connectivity index (χ0) is 13.7. The fourth-order valence-corrected chi connectivity index (χ4v) is 2.33. The maximum atomic E-state index is 11.9. The molecule has 1 heterocycles. The number of thiazole rings is 1. The van der Waals surface area contributed by atoms with Crippen LogP contribution in [0, 0.1) is 6.92 Å². The molecule has 0 atom stereocenters. The number of nitrogens with one attached hydrogen (secondary N) is 1. The molecule has 0 aliphatic rings. The van der Waals surface area contributed by atoms with E-state index in [1.807, 2.05) is 30.5 Å². The van der Waals surface area contributed by atoms with Crippen LogP contribution in [0.15, 0.2) is 29.1 Å². The van der Waals surface area contributed by atoms with Gasteiger partial charge in [0.1, 0.15) is 5.75 Å². The number of benzene rings is 1. The van der Waals surface area contributed by atoms with Gasteiger partial charge in [0.25, 0.3) is 0 Å². The molecule has 19 heavy (non-hydrogen) atoms. The number of rotatable bonds is 5. The van der Waals surface area contributed by atoms with Gasteiger partial charge in [0.05, 0.1) is 24.0 Å². The first-order valence-electron chi connectivity index (χ1n) is 6.00. The largest absolute Gasteiger partial charge is 0.495 e. The van der Waals surface area contributed by atoms with Gasteiger partial charge in [0, 0.05) is 11.8 Å². The van der Waals surface area contributed by atoms with Crippen LogP contribution >= 0.6 is 11.3 Å². The Kier molecular flexibility index (Phi) is 4.52. The molecular weight excluding hydrogens is 260 g/mol. The van der Waals surface area contributed by atoms with Crippen LogP contribution in [0.25, 0.3) is 0 Å². The lowest BCUT2D eigenvalue weighted by atomic mass is 10.2. The first-order valence-corrected chi connectivity index (χ1v) is 6.95. The van der Waals surface area contributed by atoms with Crippen molar-refractivity contribution in [3.8, 4) is 5.75 Å². The summed E-state index contributed by atoms with van der Waals surface area (Å²) in [7, 11) is 1.59. The van der Waals surface area contributed by atoms with Gasteiger partial charge in [0.15, 0.2) is 0 Å². The second kappa shape index (κ2) is 6.33. The number of carbonyl (C=O) groups excluding carboxylic acids is 1. The Morgan fingerprint density at radius 3 is 3.00 bits per heavy atom. The monoisotopic (exact) mass is 276 g/mol. The van der Waals surface area contributed by atoms with Crippen LogP contribution < -0.4 is 10.1 Å². The summed E-state index contributed by atoms with van der Waals surface area (Å²) in [5.74, 6) is 0.643. The minimum atomic E-state index is -0.0306. The first kappa shape index (κ1) is 13.5. The lowest BCUT2D eigenvalue weighted by molar-refractivity contribution is -0.116. The molecule has 2 rings (SSSR count). The van der Waals surface area contributed by atoms with Crippen molar-refractivity contribution in [1.29, 1.82) is 0 Å². The number of amides is 1. The Morgan fingerprint density at radius 1 is 1.47 bits per heavy atom. The number of aromatic nitrogens is 1. The Labute approximate surface area is 116 Å². The van der Waals surface area contributed by atoms with Gasteiger partial charge in [-0.3, -0.25) is 4.79 Å². The number of nitrogens with zero attached hydrogens (tertiary/aromatic N) is 1. The third-order valence-corrected chi connectivity index (χ3v) is 3.36. The van der Waals surface area contributed by atoms with Crippen molar-refractivity contribution in [2.75, 3.05) is 12.4 Å². The van der Waals surface area contributed by atoms with Gasteiger partial charge in [-0.25, -0.2) is 4.98 Å². The molecule has 1 aromatic heterocycles.